The van der Waals surface area contributed by atoms with E-state index < -0.39 is 0 Å². The quantitative estimate of drug-likeness (QED) is 0.630. The van der Waals surface area contributed by atoms with E-state index in [4.69, 9.17) is 0 Å². The van der Waals surface area contributed by atoms with E-state index in [1.54, 1.807) is 0 Å². The van der Waals surface area contributed by atoms with E-state index >= 15 is 0 Å². The summed E-state index contributed by atoms with van der Waals surface area (Å²) in [6, 6.07) is 0. The second-order valence-electron chi connectivity index (χ2n) is 6.52. The molecule has 1 fully saturated rings. The van der Waals surface area contributed by atoms with Gasteiger partial charge in [0.15, 0.2) is 0 Å². The molecule has 0 N–H and O–H groups in total. The fraction of sp³-hybridized carbons (Fsp3) is 1.00. The summed E-state index contributed by atoms with van der Waals surface area (Å²) >= 11 is 5.75. The highest BCUT2D eigenvalue weighted by Gasteiger charge is 2.37. The van der Waals surface area contributed by atoms with Crippen LogP contribution in [0.15, 0.2) is 0 Å². The Balaban J connectivity index is 2.50. The average Bonchev–Trinajstić information content (AvgIpc) is 2.26. The van der Waals surface area contributed by atoms with E-state index in [2.05, 4.69) is 43.0 Å². The molecule has 2 heteroatoms. The van der Waals surface area contributed by atoms with E-state index in [1.807, 2.05) is 11.8 Å². The fourth-order valence-corrected chi connectivity index (χ4v) is 4.34. The number of hydrogen-bond donors (Lipinski definition) is 0. The van der Waals surface area contributed by atoms with Crippen molar-refractivity contribution < 1.29 is 0 Å². The molecule has 0 unspecified atom stereocenters. The first-order valence-corrected chi connectivity index (χ1v) is 9.00. The summed E-state index contributed by atoms with van der Waals surface area (Å²) in [5.74, 6) is 2.26. The second kappa shape index (κ2) is 6.13. The molecule has 0 saturated heterocycles. The van der Waals surface area contributed by atoms with Crippen LogP contribution in [0, 0.1) is 16.7 Å². The fourth-order valence-electron chi connectivity index (χ4n) is 2.87. The van der Waals surface area contributed by atoms with Gasteiger partial charge in [0.05, 0.1) is 0 Å². The van der Waals surface area contributed by atoms with Gasteiger partial charge < -0.3 is 0 Å². The molecule has 0 aromatic rings. The Labute approximate surface area is 114 Å². The summed E-state index contributed by atoms with van der Waals surface area (Å²) in [6.45, 7) is 7.21. The minimum absolute atomic E-state index is 0.512. The Morgan fingerprint density at radius 1 is 1.25 bits per heavy atom. The number of thioether (sulfide) groups is 1. The molecule has 16 heavy (non-hydrogen) atoms. The minimum atomic E-state index is 0.512. The molecule has 0 heterocycles. The van der Waals surface area contributed by atoms with Gasteiger partial charge in [0, 0.05) is 5.33 Å². The monoisotopic (exact) mass is 306 g/mol. The number of alkyl halides is 1. The molecule has 0 aromatic heterocycles. The maximum atomic E-state index is 3.76. The van der Waals surface area contributed by atoms with Gasteiger partial charge in [-0.05, 0) is 60.9 Å². The Hall–Kier alpha value is 0.830. The summed E-state index contributed by atoms with van der Waals surface area (Å²) in [5, 5.41) is 1.21. The van der Waals surface area contributed by atoms with Gasteiger partial charge in [-0.1, -0.05) is 36.7 Å². The van der Waals surface area contributed by atoms with Crippen molar-refractivity contribution in [2.24, 2.45) is 16.7 Å². The van der Waals surface area contributed by atoms with Gasteiger partial charge in [-0.25, -0.2) is 0 Å². The van der Waals surface area contributed by atoms with Crippen molar-refractivity contribution in [3.8, 4) is 0 Å². The van der Waals surface area contributed by atoms with E-state index in [0.29, 0.717) is 10.8 Å². The van der Waals surface area contributed by atoms with Crippen LogP contribution in [0.5, 0.6) is 0 Å². The molecule has 0 amide bonds. The van der Waals surface area contributed by atoms with Crippen LogP contribution in [0.1, 0.15) is 52.9 Å². The highest BCUT2D eigenvalue weighted by atomic mass is 79.9. The van der Waals surface area contributed by atoms with Crippen molar-refractivity contribution in [3.63, 3.8) is 0 Å². The normalized spacial score (nSPS) is 31.7. The number of halogens is 1. The summed E-state index contributed by atoms with van der Waals surface area (Å²) in [4.78, 5) is 0. The van der Waals surface area contributed by atoms with Gasteiger partial charge >= 0.3 is 0 Å². The first-order chi connectivity index (χ1) is 7.43. The van der Waals surface area contributed by atoms with Crippen LogP contribution < -0.4 is 0 Å². The third-order valence-corrected chi connectivity index (χ3v) is 6.19. The van der Waals surface area contributed by atoms with Crippen LogP contribution in [0.4, 0.5) is 0 Å². The van der Waals surface area contributed by atoms with Crippen LogP contribution in [0.25, 0.3) is 0 Å². The van der Waals surface area contributed by atoms with Crippen molar-refractivity contribution >= 4 is 27.7 Å². The Kier molecular flexibility index (Phi) is 5.71. The first-order valence-electron chi connectivity index (χ1n) is 6.48. The van der Waals surface area contributed by atoms with E-state index in [-0.39, 0.29) is 0 Å². The minimum Gasteiger partial charge on any atom is -0.165 e. The zero-order valence-electron chi connectivity index (χ0n) is 11.3. The maximum absolute atomic E-state index is 3.76. The topological polar surface area (TPSA) is 0 Å². The number of rotatable bonds is 4. The lowest BCUT2D eigenvalue weighted by Crippen LogP contribution is -2.34. The lowest BCUT2D eigenvalue weighted by Gasteiger charge is -2.43. The van der Waals surface area contributed by atoms with Crippen molar-refractivity contribution in [1.29, 1.82) is 0 Å². The van der Waals surface area contributed by atoms with Crippen LogP contribution in [0.2, 0.25) is 0 Å². The molecule has 0 spiro atoms. The van der Waals surface area contributed by atoms with Crippen molar-refractivity contribution in [2.45, 2.75) is 52.9 Å². The first kappa shape index (κ1) is 14.9. The maximum Gasteiger partial charge on any atom is 0.00882 e. The molecule has 1 aliphatic rings. The van der Waals surface area contributed by atoms with Crippen LogP contribution >= 0.6 is 27.7 Å². The lowest BCUT2D eigenvalue weighted by atomic mass is 9.64. The van der Waals surface area contributed by atoms with Gasteiger partial charge in [0.25, 0.3) is 0 Å². The standard InChI is InChI=1S/C14H27BrS/c1-13(2,3)12-5-7-14(11-15,8-6-12)9-10-16-4/h12H,5-11H2,1-4H3. The van der Waals surface area contributed by atoms with Crippen molar-refractivity contribution in [1.82, 2.24) is 0 Å². The summed E-state index contributed by atoms with van der Waals surface area (Å²) in [6.07, 6.45) is 9.35. The van der Waals surface area contributed by atoms with Crippen LogP contribution in [-0.4, -0.2) is 17.3 Å². The molecule has 1 rings (SSSR count). The molecule has 0 aromatic carbocycles. The van der Waals surface area contributed by atoms with Gasteiger partial charge in [0.1, 0.15) is 0 Å². The summed E-state index contributed by atoms with van der Waals surface area (Å²) in [5.41, 5.74) is 1.13. The van der Waals surface area contributed by atoms with Crippen molar-refractivity contribution in [2.75, 3.05) is 17.3 Å². The molecular weight excluding hydrogens is 280 g/mol. The Morgan fingerprint density at radius 3 is 2.19 bits per heavy atom. The molecule has 0 nitrogen and oxygen atoms in total. The van der Waals surface area contributed by atoms with Gasteiger partial charge in [-0.3, -0.25) is 0 Å². The second-order valence-corrected chi connectivity index (χ2v) is 8.06. The third-order valence-electron chi connectivity index (χ3n) is 4.39. The van der Waals surface area contributed by atoms with E-state index in [0.717, 1.165) is 5.92 Å². The van der Waals surface area contributed by atoms with E-state index in [9.17, 15) is 0 Å². The van der Waals surface area contributed by atoms with Gasteiger partial charge in [-0.2, -0.15) is 11.8 Å². The zero-order chi connectivity index (χ0) is 12.2. The lowest BCUT2D eigenvalue weighted by molar-refractivity contribution is 0.102. The van der Waals surface area contributed by atoms with Crippen LogP contribution in [-0.2, 0) is 0 Å². The zero-order valence-corrected chi connectivity index (χ0v) is 13.7. The highest BCUT2D eigenvalue weighted by Crippen LogP contribution is 2.48. The highest BCUT2D eigenvalue weighted by molar-refractivity contribution is 9.09. The van der Waals surface area contributed by atoms with Crippen LogP contribution in [0.3, 0.4) is 0 Å². The number of hydrogen-bond acceptors (Lipinski definition) is 1. The predicted molar refractivity (Wildman–Crippen MR) is 80.6 cm³/mol. The smallest absolute Gasteiger partial charge is 0.00882 e. The summed E-state index contributed by atoms with van der Waals surface area (Å²) < 4.78 is 0. The van der Waals surface area contributed by atoms with Gasteiger partial charge in [0.2, 0.25) is 0 Å². The third kappa shape index (κ3) is 3.94. The predicted octanol–water partition coefficient (Wildman–Crippen LogP) is 5.36. The molecular formula is C14H27BrS. The Bertz CT molecular complexity index is 199. The molecule has 0 bridgehead atoms. The van der Waals surface area contributed by atoms with Crippen molar-refractivity contribution in [3.05, 3.63) is 0 Å². The van der Waals surface area contributed by atoms with E-state index in [1.165, 1.54) is 43.2 Å². The summed E-state index contributed by atoms with van der Waals surface area (Å²) in [7, 11) is 0. The van der Waals surface area contributed by atoms with Gasteiger partial charge in [-0.15, -0.1) is 0 Å². The average molecular weight is 307 g/mol. The molecule has 96 valence electrons. The largest absolute Gasteiger partial charge is 0.165 e. The molecule has 0 radical (unpaired) electrons. The molecule has 0 atom stereocenters. The molecule has 0 aliphatic heterocycles. The molecule has 1 saturated carbocycles. The SMILES string of the molecule is CSCCC1(CBr)CCC(C(C)(C)C)CC1. The molecule has 1 aliphatic carbocycles. The Morgan fingerprint density at radius 2 is 1.81 bits per heavy atom.